The van der Waals surface area contributed by atoms with Crippen LogP contribution in [0.2, 0.25) is 0 Å². The van der Waals surface area contributed by atoms with Gasteiger partial charge in [-0.15, -0.1) is 0 Å². The Labute approximate surface area is 105 Å². The largest absolute Gasteiger partial charge is 0.372 e. The standard InChI is InChI=1S/C11H17N5O2/c1-7-5-16(6-8(2)18-7)10-4-13-3-9(14-10)11(17)15-12/h3-4,7-8H,5-6,12H2,1-2H3,(H,15,17). The van der Waals surface area contributed by atoms with Gasteiger partial charge in [-0.1, -0.05) is 0 Å². The summed E-state index contributed by atoms with van der Waals surface area (Å²) in [6, 6.07) is 0. The van der Waals surface area contributed by atoms with Crippen molar-refractivity contribution in [2.75, 3.05) is 18.0 Å². The number of carbonyl (C=O) groups is 1. The smallest absolute Gasteiger partial charge is 0.285 e. The number of nitrogens with two attached hydrogens (primary N) is 1. The average Bonchev–Trinajstić information content (AvgIpc) is 2.37. The molecular formula is C11H17N5O2. The monoisotopic (exact) mass is 251 g/mol. The SMILES string of the molecule is CC1CN(c2cncc(C(=O)NN)n2)CC(C)O1. The highest BCUT2D eigenvalue weighted by Gasteiger charge is 2.23. The van der Waals surface area contributed by atoms with Crippen molar-refractivity contribution in [3.05, 3.63) is 18.1 Å². The molecule has 1 aromatic rings. The third kappa shape index (κ3) is 2.74. The van der Waals surface area contributed by atoms with Gasteiger partial charge in [-0.05, 0) is 13.8 Å². The maximum absolute atomic E-state index is 11.4. The van der Waals surface area contributed by atoms with Gasteiger partial charge in [0.2, 0.25) is 0 Å². The fourth-order valence-corrected chi connectivity index (χ4v) is 2.06. The molecule has 0 radical (unpaired) electrons. The van der Waals surface area contributed by atoms with Crippen LogP contribution in [-0.4, -0.2) is 41.2 Å². The first-order valence-corrected chi connectivity index (χ1v) is 5.83. The van der Waals surface area contributed by atoms with Gasteiger partial charge in [-0.3, -0.25) is 15.2 Å². The number of nitrogen functional groups attached to an aromatic ring is 1. The van der Waals surface area contributed by atoms with Crippen molar-refractivity contribution >= 4 is 11.7 Å². The number of amides is 1. The lowest BCUT2D eigenvalue weighted by molar-refractivity contribution is -0.00548. The topological polar surface area (TPSA) is 93.4 Å². The van der Waals surface area contributed by atoms with Crippen LogP contribution in [0.5, 0.6) is 0 Å². The summed E-state index contributed by atoms with van der Waals surface area (Å²) in [6.45, 7) is 5.47. The van der Waals surface area contributed by atoms with Crippen LogP contribution in [0.4, 0.5) is 5.82 Å². The van der Waals surface area contributed by atoms with Crippen LogP contribution in [0.25, 0.3) is 0 Å². The predicted molar refractivity (Wildman–Crippen MR) is 65.9 cm³/mol. The summed E-state index contributed by atoms with van der Waals surface area (Å²) in [5.41, 5.74) is 2.25. The Morgan fingerprint density at radius 1 is 1.44 bits per heavy atom. The maximum Gasteiger partial charge on any atom is 0.285 e. The summed E-state index contributed by atoms with van der Waals surface area (Å²) in [4.78, 5) is 21.7. The van der Waals surface area contributed by atoms with E-state index >= 15 is 0 Å². The van der Waals surface area contributed by atoms with Crippen LogP contribution < -0.4 is 16.2 Å². The number of rotatable bonds is 2. The lowest BCUT2D eigenvalue weighted by atomic mass is 10.2. The third-order valence-electron chi connectivity index (χ3n) is 2.73. The molecule has 1 saturated heterocycles. The minimum absolute atomic E-state index is 0.127. The number of ether oxygens (including phenoxy) is 1. The van der Waals surface area contributed by atoms with Gasteiger partial charge in [0.1, 0.15) is 11.5 Å². The number of hydrogen-bond donors (Lipinski definition) is 2. The molecule has 0 aromatic carbocycles. The van der Waals surface area contributed by atoms with E-state index in [9.17, 15) is 4.79 Å². The maximum atomic E-state index is 11.4. The first kappa shape index (κ1) is 12.7. The Kier molecular flexibility index (Phi) is 3.73. The molecule has 1 aliphatic rings. The Morgan fingerprint density at radius 3 is 2.72 bits per heavy atom. The van der Waals surface area contributed by atoms with E-state index < -0.39 is 5.91 Å². The number of hydrogen-bond acceptors (Lipinski definition) is 6. The van der Waals surface area contributed by atoms with E-state index in [1.165, 1.54) is 6.20 Å². The third-order valence-corrected chi connectivity index (χ3v) is 2.73. The predicted octanol–water partition coefficient (Wildman–Crippen LogP) is -0.306. The minimum atomic E-state index is -0.446. The van der Waals surface area contributed by atoms with Crippen molar-refractivity contribution < 1.29 is 9.53 Å². The molecule has 2 atom stereocenters. The van der Waals surface area contributed by atoms with E-state index in [1.54, 1.807) is 6.20 Å². The fraction of sp³-hybridized carbons (Fsp3) is 0.545. The second-order valence-electron chi connectivity index (χ2n) is 4.40. The van der Waals surface area contributed by atoms with Crippen LogP contribution in [0.15, 0.2) is 12.4 Å². The molecule has 2 heterocycles. The van der Waals surface area contributed by atoms with Gasteiger partial charge in [0.05, 0.1) is 24.6 Å². The molecule has 2 rings (SSSR count). The molecule has 2 unspecified atom stereocenters. The van der Waals surface area contributed by atoms with E-state index in [4.69, 9.17) is 10.6 Å². The Hall–Kier alpha value is -1.73. The molecule has 1 amide bonds. The Bertz CT molecular complexity index is 429. The van der Waals surface area contributed by atoms with Gasteiger partial charge in [0.25, 0.3) is 5.91 Å². The Morgan fingerprint density at radius 2 is 2.11 bits per heavy atom. The molecule has 1 aliphatic heterocycles. The number of morpholine rings is 1. The van der Waals surface area contributed by atoms with Crippen molar-refractivity contribution in [2.45, 2.75) is 26.1 Å². The zero-order valence-corrected chi connectivity index (χ0v) is 10.5. The number of aromatic nitrogens is 2. The number of hydrazine groups is 1. The van der Waals surface area contributed by atoms with Crippen LogP contribution in [0, 0.1) is 0 Å². The highest BCUT2D eigenvalue weighted by Crippen LogP contribution is 2.17. The van der Waals surface area contributed by atoms with Crippen molar-refractivity contribution in [3.63, 3.8) is 0 Å². The summed E-state index contributed by atoms with van der Waals surface area (Å²) >= 11 is 0. The molecule has 98 valence electrons. The van der Waals surface area contributed by atoms with Gasteiger partial charge in [-0.2, -0.15) is 0 Å². The summed E-state index contributed by atoms with van der Waals surface area (Å²) in [5.74, 6) is 5.30. The number of nitrogens with zero attached hydrogens (tertiary/aromatic N) is 3. The fourth-order valence-electron chi connectivity index (χ4n) is 2.06. The van der Waals surface area contributed by atoms with Gasteiger partial charge in [-0.25, -0.2) is 10.8 Å². The molecular weight excluding hydrogens is 234 g/mol. The van der Waals surface area contributed by atoms with E-state index in [2.05, 4.69) is 14.9 Å². The van der Waals surface area contributed by atoms with E-state index in [0.717, 1.165) is 13.1 Å². The van der Waals surface area contributed by atoms with Gasteiger partial charge in [0, 0.05) is 13.1 Å². The number of anilines is 1. The molecule has 7 nitrogen and oxygen atoms in total. The second kappa shape index (κ2) is 5.28. The summed E-state index contributed by atoms with van der Waals surface area (Å²) in [5, 5.41) is 0. The molecule has 0 spiro atoms. The highest BCUT2D eigenvalue weighted by molar-refractivity contribution is 5.91. The van der Waals surface area contributed by atoms with Crippen molar-refractivity contribution in [2.24, 2.45) is 5.84 Å². The van der Waals surface area contributed by atoms with Crippen LogP contribution in [0.1, 0.15) is 24.3 Å². The van der Waals surface area contributed by atoms with Crippen molar-refractivity contribution in [3.8, 4) is 0 Å². The zero-order chi connectivity index (χ0) is 13.1. The Balaban J connectivity index is 2.20. The zero-order valence-electron chi connectivity index (χ0n) is 10.5. The van der Waals surface area contributed by atoms with Crippen molar-refractivity contribution in [1.29, 1.82) is 0 Å². The van der Waals surface area contributed by atoms with E-state index in [-0.39, 0.29) is 17.9 Å². The molecule has 0 bridgehead atoms. The average molecular weight is 251 g/mol. The second-order valence-corrected chi connectivity index (χ2v) is 4.40. The molecule has 7 heteroatoms. The summed E-state index contributed by atoms with van der Waals surface area (Å²) in [6.07, 6.45) is 3.28. The molecule has 3 N–H and O–H groups in total. The molecule has 18 heavy (non-hydrogen) atoms. The highest BCUT2D eigenvalue weighted by atomic mass is 16.5. The molecule has 1 aromatic heterocycles. The summed E-state index contributed by atoms with van der Waals surface area (Å²) < 4.78 is 5.65. The molecule has 1 fully saturated rings. The lowest BCUT2D eigenvalue weighted by Crippen LogP contribution is -2.46. The van der Waals surface area contributed by atoms with Crippen LogP contribution in [0.3, 0.4) is 0 Å². The molecule has 0 saturated carbocycles. The first-order chi connectivity index (χ1) is 8.60. The van der Waals surface area contributed by atoms with Crippen LogP contribution >= 0.6 is 0 Å². The lowest BCUT2D eigenvalue weighted by Gasteiger charge is -2.35. The normalized spacial score (nSPS) is 23.8. The van der Waals surface area contributed by atoms with Crippen LogP contribution in [-0.2, 0) is 4.74 Å². The van der Waals surface area contributed by atoms with E-state index in [0.29, 0.717) is 5.82 Å². The first-order valence-electron chi connectivity index (χ1n) is 5.83. The van der Waals surface area contributed by atoms with Gasteiger partial charge in [0.15, 0.2) is 0 Å². The minimum Gasteiger partial charge on any atom is -0.372 e. The molecule has 0 aliphatic carbocycles. The van der Waals surface area contributed by atoms with Crippen molar-refractivity contribution in [1.82, 2.24) is 15.4 Å². The van der Waals surface area contributed by atoms with Gasteiger partial charge < -0.3 is 9.64 Å². The van der Waals surface area contributed by atoms with Gasteiger partial charge >= 0.3 is 0 Å². The number of carbonyl (C=O) groups excluding carboxylic acids is 1. The summed E-state index contributed by atoms with van der Waals surface area (Å²) in [7, 11) is 0. The van der Waals surface area contributed by atoms with E-state index in [1.807, 2.05) is 19.3 Å². The number of nitrogens with one attached hydrogen (secondary N) is 1. The quantitative estimate of drug-likeness (QED) is 0.425.